The average Bonchev–Trinajstić information content (AvgIpc) is 1.33. The van der Waals surface area contributed by atoms with E-state index >= 15 is 0 Å². The fraction of sp³-hybridized carbons (Fsp3) is 0.333. The van der Waals surface area contributed by atoms with Crippen molar-refractivity contribution < 1.29 is 36.6 Å². The van der Waals surface area contributed by atoms with Gasteiger partial charge in [-0.1, -0.05) is 0 Å². The molecule has 1 radical (unpaired) electrons. The number of carbonyl (C=O) groups excluding carboxylic acids is 2. The van der Waals surface area contributed by atoms with Crippen LogP contribution in [-0.2, 0) is 26.4 Å². The second-order valence-corrected chi connectivity index (χ2v) is 0.588. The third-order valence-corrected chi connectivity index (χ3v) is 0. The van der Waals surface area contributed by atoms with E-state index in [1.807, 2.05) is 0 Å². The topological polar surface area (TPSA) is 80.3 Å². The summed E-state index contributed by atoms with van der Waals surface area (Å²) in [6.45, 7) is 0.472. The molecule has 0 unspecified atom stereocenters. The Balaban J connectivity index is -0.0000000575. The van der Waals surface area contributed by atoms with Crippen molar-refractivity contribution in [2.75, 3.05) is 0 Å². The molecule has 0 atom stereocenters. The molecule has 0 N–H and O–H groups in total. The second kappa shape index (κ2) is 16.1. The van der Waals surface area contributed by atoms with Gasteiger partial charge in [-0.2, -0.15) is 0 Å². The summed E-state index contributed by atoms with van der Waals surface area (Å²) in [7, 11) is 0. The fourth-order valence-corrected chi connectivity index (χ4v) is 0. The number of carboxylic acid groups (broad SMARTS) is 2. The molecule has 49 valence electrons. The van der Waals surface area contributed by atoms with E-state index < -0.39 is 12.4 Å². The summed E-state index contributed by atoms with van der Waals surface area (Å²) in [5.74, 6) is -1.08. The van der Waals surface area contributed by atoms with Crippen LogP contribution in [0.15, 0.2) is 0 Å². The molecule has 0 aliphatic rings. The van der Waals surface area contributed by atoms with Crippen LogP contribution >= 0.6 is 0 Å². The summed E-state index contributed by atoms with van der Waals surface area (Å²) in [6, 6.07) is 0. The van der Waals surface area contributed by atoms with Crippen LogP contribution in [-0.4, -0.2) is 12.4 Å². The van der Waals surface area contributed by atoms with Gasteiger partial charge in [-0.15, -0.1) is 0 Å². The van der Waals surface area contributed by atoms with Crippen LogP contribution < -0.4 is 10.2 Å². The maximum atomic E-state index is 8.89. The molecule has 5 heteroatoms. The SMILES string of the molecule is CC(=O)[O-].O=C[O-].[Co+2]. The van der Waals surface area contributed by atoms with E-state index in [9.17, 15) is 0 Å². The second-order valence-electron chi connectivity index (χ2n) is 0.588. The van der Waals surface area contributed by atoms with Crippen molar-refractivity contribution in [3.63, 3.8) is 0 Å². The van der Waals surface area contributed by atoms with Crippen molar-refractivity contribution in [1.82, 2.24) is 0 Å². The van der Waals surface area contributed by atoms with Crippen LogP contribution in [0.4, 0.5) is 0 Å². The first kappa shape index (κ1) is 15.7. The quantitative estimate of drug-likeness (QED) is 0.359. The Bertz CT molecular complexity index is 58.3. The number of rotatable bonds is 0. The molecule has 0 bridgehead atoms. The minimum Gasteiger partial charge on any atom is -0.554 e. The Kier molecular flexibility index (Phi) is 31.5. The van der Waals surface area contributed by atoms with Crippen LogP contribution in [0.2, 0.25) is 0 Å². The Morgan fingerprint density at radius 1 is 1.62 bits per heavy atom. The summed E-state index contributed by atoms with van der Waals surface area (Å²) in [5.41, 5.74) is 0. The maximum absolute atomic E-state index is 8.89. The smallest absolute Gasteiger partial charge is 0.554 e. The van der Waals surface area contributed by atoms with Gasteiger partial charge in [0.15, 0.2) is 0 Å². The molecule has 0 saturated heterocycles. The number of hydrogen-bond acceptors (Lipinski definition) is 4. The average molecular weight is 163 g/mol. The Hall–Kier alpha value is -0.554. The summed E-state index contributed by atoms with van der Waals surface area (Å²) >= 11 is 0. The minimum absolute atomic E-state index is 0. The van der Waals surface area contributed by atoms with Crippen molar-refractivity contribution in [2.45, 2.75) is 6.92 Å². The molecule has 0 aliphatic carbocycles. The third kappa shape index (κ3) is 351. The maximum Gasteiger partial charge on any atom is 2.00 e. The molecule has 0 saturated carbocycles. The number of aliphatic carboxylic acids is 1. The first-order chi connectivity index (χ1) is 3.15. The van der Waals surface area contributed by atoms with Crippen molar-refractivity contribution in [1.29, 1.82) is 0 Å². The summed E-state index contributed by atoms with van der Waals surface area (Å²) < 4.78 is 0. The zero-order chi connectivity index (χ0) is 6.28. The van der Waals surface area contributed by atoms with Gasteiger partial charge >= 0.3 is 16.8 Å². The van der Waals surface area contributed by atoms with Gasteiger partial charge in [-0.3, -0.25) is 0 Å². The van der Waals surface area contributed by atoms with Gasteiger partial charge in [0.1, 0.15) is 0 Å². The molecule has 0 aromatic carbocycles. The monoisotopic (exact) mass is 163 g/mol. The van der Waals surface area contributed by atoms with Crippen molar-refractivity contribution in [3.05, 3.63) is 0 Å². The predicted octanol–water partition coefficient (Wildman–Crippen LogP) is -2.88. The van der Waals surface area contributed by atoms with Crippen LogP contribution in [0.1, 0.15) is 6.92 Å². The first-order valence-electron chi connectivity index (χ1n) is 1.38. The van der Waals surface area contributed by atoms with E-state index in [4.69, 9.17) is 19.8 Å². The molecule has 0 aromatic rings. The van der Waals surface area contributed by atoms with Crippen LogP contribution in [0.5, 0.6) is 0 Å². The molecule has 0 spiro atoms. The van der Waals surface area contributed by atoms with Gasteiger partial charge in [0, 0.05) is 12.4 Å². The van der Waals surface area contributed by atoms with E-state index in [1.54, 1.807) is 0 Å². The largest absolute Gasteiger partial charge is 2.00 e. The van der Waals surface area contributed by atoms with E-state index in [0.29, 0.717) is 0 Å². The van der Waals surface area contributed by atoms with Gasteiger partial charge in [-0.05, 0) is 6.92 Å². The zero-order valence-corrected chi connectivity index (χ0v) is 5.08. The standard InChI is InChI=1S/C2H4O2.CH2O2.Co/c1-2(3)4;2-1-3;/h1H3,(H,3,4);1H,(H,2,3);/q;;+2/p-2. The minimum atomic E-state index is -1.08. The van der Waals surface area contributed by atoms with E-state index in [0.717, 1.165) is 6.92 Å². The fourth-order valence-electron chi connectivity index (χ4n) is 0. The molecule has 0 fully saturated rings. The van der Waals surface area contributed by atoms with E-state index in [-0.39, 0.29) is 16.8 Å². The molecule has 0 aromatic heterocycles. The molecule has 0 heterocycles. The van der Waals surface area contributed by atoms with Gasteiger partial charge < -0.3 is 19.8 Å². The summed E-state index contributed by atoms with van der Waals surface area (Å²) in [4.78, 5) is 17.1. The molecule has 0 amide bonds. The van der Waals surface area contributed by atoms with Crippen LogP contribution in [0, 0.1) is 0 Å². The Morgan fingerprint density at radius 3 is 1.62 bits per heavy atom. The molecule has 0 rings (SSSR count). The van der Waals surface area contributed by atoms with Crippen molar-refractivity contribution >= 4 is 12.4 Å². The molecular formula is C3H4CoO4. The van der Waals surface area contributed by atoms with Crippen LogP contribution in [0.25, 0.3) is 0 Å². The predicted molar refractivity (Wildman–Crippen MR) is 16.7 cm³/mol. The Morgan fingerprint density at radius 2 is 1.62 bits per heavy atom. The summed E-state index contributed by atoms with van der Waals surface area (Å²) in [6.07, 6.45) is 0. The Labute approximate surface area is 56.7 Å². The van der Waals surface area contributed by atoms with Crippen molar-refractivity contribution in [2.24, 2.45) is 0 Å². The number of carboxylic acids is 1. The number of carbonyl (C=O) groups is 2. The van der Waals surface area contributed by atoms with E-state index in [2.05, 4.69) is 0 Å². The van der Waals surface area contributed by atoms with Crippen molar-refractivity contribution in [3.8, 4) is 0 Å². The zero-order valence-electron chi connectivity index (χ0n) is 4.04. The summed E-state index contributed by atoms with van der Waals surface area (Å²) in [5, 5.41) is 17.1. The van der Waals surface area contributed by atoms with Gasteiger partial charge in [0.05, 0.1) is 0 Å². The van der Waals surface area contributed by atoms with Crippen LogP contribution in [0.3, 0.4) is 0 Å². The first-order valence-corrected chi connectivity index (χ1v) is 1.38. The van der Waals surface area contributed by atoms with Gasteiger partial charge in [0.25, 0.3) is 0 Å². The van der Waals surface area contributed by atoms with Gasteiger partial charge in [0.2, 0.25) is 0 Å². The molecule has 0 aliphatic heterocycles. The van der Waals surface area contributed by atoms with Gasteiger partial charge in [-0.25, -0.2) is 0 Å². The normalized spacial score (nSPS) is 4.62. The third-order valence-electron chi connectivity index (χ3n) is 0. The molecule has 8 heavy (non-hydrogen) atoms. The molecular weight excluding hydrogens is 159 g/mol. The number of hydrogen-bond donors (Lipinski definition) is 0. The van der Waals surface area contributed by atoms with E-state index in [1.165, 1.54) is 0 Å². The molecule has 4 nitrogen and oxygen atoms in total.